The number of nitrogens with two attached hydrogens (primary N) is 1. The topological polar surface area (TPSA) is 35.2 Å². The summed E-state index contributed by atoms with van der Waals surface area (Å²) < 4.78 is 19.2. The molecule has 0 atom stereocenters. The number of hydrogen-bond acceptors (Lipinski definition) is 2. The van der Waals surface area contributed by atoms with Crippen molar-refractivity contribution in [2.24, 2.45) is 11.7 Å². The van der Waals surface area contributed by atoms with Crippen LogP contribution < -0.4 is 10.5 Å². The van der Waals surface area contributed by atoms with Crippen molar-refractivity contribution in [3.63, 3.8) is 0 Å². The lowest BCUT2D eigenvalue weighted by atomic mass is 10.1. The lowest BCUT2D eigenvalue weighted by Gasteiger charge is -2.13. The van der Waals surface area contributed by atoms with Crippen LogP contribution in [-0.4, -0.2) is 11.6 Å². The molecular formula is C14H18FNOS. The monoisotopic (exact) mass is 267 g/mol. The van der Waals surface area contributed by atoms with Crippen LogP contribution in [0.2, 0.25) is 0 Å². The van der Waals surface area contributed by atoms with Gasteiger partial charge in [-0.15, -0.1) is 0 Å². The zero-order valence-electron chi connectivity index (χ0n) is 10.3. The zero-order chi connectivity index (χ0) is 13.0. The Hall–Kier alpha value is -1.16. The van der Waals surface area contributed by atoms with Crippen molar-refractivity contribution in [2.75, 3.05) is 6.61 Å². The first-order chi connectivity index (χ1) is 8.68. The first-order valence-corrected chi connectivity index (χ1v) is 6.80. The second kappa shape index (κ2) is 6.14. The molecule has 0 aliphatic heterocycles. The van der Waals surface area contributed by atoms with Crippen molar-refractivity contribution in [3.05, 3.63) is 29.6 Å². The number of hydrogen-bond donors (Lipinski definition) is 1. The molecule has 2 N–H and O–H groups in total. The van der Waals surface area contributed by atoms with Gasteiger partial charge in [0.1, 0.15) is 16.6 Å². The van der Waals surface area contributed by atoms with Crippen molar-refractivity contribution in [3.8, 4) is 5.75 Å². The molecule has 2 rings (SSSR count). The molecule has 0 saturated heterocycles. The van der Waals surface area contributed by atoms with E-state index >= 15 is 0 Å². The molecule has 1 aliphatic carbocycles. The SMILES string of the molecule is NC(=S)c1c(F)cccc1OCCC1CCCC1. The third-order valence-corrected chi connectivity index (χ3v) is 3.68. The summed E-state index contributed by atoms with van der Waals surface area (Å²) in [4.78, 5) is 0.0453. The summed E-state index contributed by atoms with van der Waals surface area (Å²) >= 11 is 4.85. The Morgan fingerprint density at radius 3 is 2.78 bits per heavy atom. The van der Waals surface area contributed by atoms with E-state index in [1.807, 2.05) is 0 Å². The van der Waals surface area contributed by atoms with Gasteiger partial charge in [-0.1, -0.05) is 44.0 Å². The maximum atomic E-state index is 13.6. The molecule has 0 spiro atoms. The number of ether oxygens (including phenoxy) is 1. The number of rotatable bonds is 5. The van der Waals surface area contributed by atoms with Crippen LogP contribution in [0.4, 0.5) is 4.39 Å². The molecule has 1 fully saturated rings. The quantitative estimate of drug-likeness (QED) is 0.830. The van der Waals surface area contributed by atoms with Gasteiger partial charge in [-0.3, -0.25) is 0 Å². The Morgan fingerprint density at radius 2 is 2.11 bits per heavy atom. The van der Waals surface area contributed by atoms with Crippen molar-refractivity contribution in [1.82, 2.24) is 0 Å². The Kier molecular flexibility index (Phi) is 4.53. The van der Waals surface area contributed by atoms with Crippen LogP contribution >= 0.6 is 12.2 Å². The van der Waals surface area contributed by atoms with E-state index in [4.69, 9.17) is 22.7 Å². The third kappa shape index (κ3) is 3.19. The minimum Gasteiger partial charge on any atom is -0.493 e. The average Bonchev–Trinajstić information content (AvgIpc) is 2.81. The highest BCUT2D eigenvalue weighted by atomic mass is 32.1. The molecule has 4 heteroatoms. The Labute approximate surface area is 112 Å². The third-order valence-electron chi connectivity index (χ3n) is 3.48. The molecule has 0 unspecified atom stereocenters. The van der Waals surface area contributed by atoms with E-state index in [9.17, 15) is 4.39 Å². The molecule has 0 amide bonds. The summed E-state index contributed by atoms with van der Waals surface area (Å²) in [5.41, 5.74) is 5.74. The molecule has 0 radical (unpaired) electrons. The fraction of sp³-hybridized carbons (Fsp3) is 0.500. The van der Waals surface area contributed by atoms with E-state index in [2.05, 4.69) is 0 Å². The van der Waals surface area contributed by atoms with Gasteiger partial charge >= 0.3 is 0 Å². The van der Waals surface area contributed by atoms with Crippen molar-refractivity contribution >= 4 is 17.2 Å². The zero-order valence-corrected chi connectivity index (χ0v) is 11.1. The maximum Gasteiger partial charge on any atom is 0.137 e. The van der Waals surface area contributed by atoms with Gasteiger partial charge in [0.2, 0.25) is 0 Å². The van der Waals surface area contributed by atoms with Crippen molar-refractivity contribution in [2.45, 2.75) is 32.1 Å². The molecule has 98 valence electrons. The van der Waals surface area contributed by atoms with Crippen LogP contribution in [-0.2, 0) is 0 Å². The molecule has 18 heavy (non-hydrogen) atoms. The van der Waals surface area contributed by atoms with Crippen molar-refractivity contribution < 1.29 is 9.13 Å². The smallest absolute Gasteiger partial charge is 0.137 e. The summed E-state index contributed by atoms with van der Waals surface area (Å²) in [5.74, 6) is 0.799. The fourth-order valence-corrected chi connectivity index (χ4v) is 2.70. The van der Waals surface area contributed by atoms with Gasteiger partial charge in [0, 0.05) is 0 Å². The Balaban J connectivity index is 1.96. The van der Waals surface area contributed by atoms with Gasteiger partial charge in [0.05, 0.1) is 12.2 Å². The van der Waals surface area contributed by atoms with Gasteiger partial charge in [0.15, 0.2) is 0 Å². The standard InChI is InChI=1S/C14H18FNOS/c15-11-6-3-7-12(13(11)14(16)18)17-9-8-10-4-1-2-5-10/h3,6-7,10H,1-2,4-5,8-9H2,(H2,16,18). The van der Waals surface area contributed by atoms with Crippen LogP contribution in [0.25, 0.3) is 0 Å². The second-order valence-electron chi connectivity index (χ2n) is 4.76. The number of benzene rings is 1. The molecule has 0 aromatic heterocycles. The fourth-order valence-electron chi connectivity index (χ4n) is 2.50. The Bertz CT molecular complexity index is 430. The highest BCUT2D eigenvalue weighted by molar-refractivity contribution is 7.80. The number of thiocarbonyl (C=S) groups is 1. The van der Waals surface area contributed by atoms with E-state index in [1.165, 1.54) is 31.7 Å². The van der Waals surface area contributed by atoms with Gasteiger partial charge in [-0.25, -0.2) is 4.39 Å². The molecule has 0 heterocycles. The predicted octanol–water partition coefficient (Wildman–Crippen LogP) is 3.42. The molecule has 2 nitrogen and oxygen atoms in total. The first kappa shape index (κ1) is 13.3. The lowest BCUT2D eigenvalue weighted by molar-refractivity contribution is 0.277. The summed E-state index contributed by atoms with van der Waals surface area (Å²) in [6.45, 7) is 0.601. The van der Waals surface area contributed by atoms with Gasteiger partial charge < -0.3 is 10.5 Å². The summed E-state index contributed by atoms with van der Waals surface area (Å²) in [7, 11) is 0. The van der Waals surface area contributed by atoms with E-state index in [-0.39, 0.29) is 10.6 Å². The van der Waals surface area contributed by atoms with Gasteiger partial charge in [0.25, 0.3) is 0 Å². The second-order valence-corrected chi connectivity index (χ2v) is 5.20. The average molecular weight is 267 g/mol. The normalized spacial score (nSPS) is 15.8. The molecule has 0 bridgehead atoms. The molecular weight excluding hydrogens is 249 g/mol. The van der Waals surface area contributed by atoms with Crippen molar-refractivity contribution in [1.29, 1.82) is 0 Å². The van der Waals surface area contributed by atoms with E-state index in [1.54, 1.807) is 12.1 Å². The van der Waals surface area contributed by atoms with E-state index in [0.29, 0.717) is 12.4 Å². The minimum atomic E-state index is -0.416. The largest absolute Gasteiger partial charge is 0.493 e. The first-order valence-electron chi connectivity index (χ1n) is 6.39. The Morgan fingerprint density at radius 1 is 1.39 bits per heavy atom. The summed E-state index contributed by atoms with van der Waals surface area (Å²) in [6, 6.07) is 4.67. The van der Waals surface area contributed by atoms with Crippen LogP contribution in [0.3, 0.4) is 0 Å². The summed E-state index contributed by atoms with van der Waals surface area (Å²) in [6.07, 6.45) is 6.24. The molecule has 1 aromatic rings. The highest BCUT2D eigenvalue weighted by Crippen LogP contribution is 2.28. The van der Waals surface area contributed by atoms with Crippen LogP contribution in [0.15, 0.2) is 18.2 Å². The van der Waals surface area contributed by atoms with Crippen LogP contribution in [0.1, 0.15) is 37.7 Å². The van der Waals surface area contributed by atoms with E-state index < -0.39 is 5.82 Å². The molecule has 1 aliphatic rings. The van der Waals surface area contributed by atoms with Gasteiger partial charge in [-0.2, -0.15) is 0 Å². The predicted molar refractivity (Wildman–Crippen MR) is 74.4 cm³/mol. The van der Waals surface area contributed by atoms with Gasteiger partial charge in [-0.05, 0) is 24.5 Å². The highest BCUT2D eigenvalue weighted by Gasteiger charge is 2.16. The minimum absolute atomic E-state index is 0.0453. The number of halogens is 1. The van der Waals surface area contributed by atoms with Crippen LogP contribution in [0.5, 0.6) is 5.75 Å². The summed E-state index contributed by atoms with van der Waals surface area (Å²) in [5, 5.41) is 0. The van der Waals surface area contributed by atoms with Crippen LogP contribution in [0, 0.1) is 11.7 Å². The lowest BCUT2D eigenvalue weighted by Crippen LogP contribution is -2.15. The molecule has 1 aromatic carbocycles. The van der Waals surface area contributed by atoms with E-state index in [0.717, 1.165) is 12.3 Å². The maximum absolute atomic E-state index is 13.6. The molecule has 1 saturated carbocycles.